The summed E-state index contributed by atoms with van der Waals surface area (Å²) in [4.78, 5) is 0. The van der Waals surface area contributed by atoms with Crippen LogP contribution in [0.1, 0.15) is 47.0 Å². The van der Waals surface area contributed by atoms with Gasteiger partial charge in [-0.2, -0.15) is 0 Å². The summed E-state index contributed by atoms with van der Waals surface area (Å²) in [6.45, 7) is 13.2. The van der Waals surface area contributed by atoms with Crippen molar-refractivity contribution in [3.8, 4) is 0 Å². The van der Waals surface area contributed by atoms with Crippen LogP contribution in [-0.2, 0) is 0 Å². The summed E-state index contributed by atoms with van der Waals surface area (Å²) in [6.07, 6.45) is 8.34. The van der Waals surface area contributed by atoms with E-state index in [4.69, 9.17) is 0 Å². The minimum absolute atomic E-state index is 0.459. The van der Waals surface area contributed by atoms with Crippen molar-refractivity contribution >= 4 is 0 Å². The van der Waals surface area contributed by atoms with Crippen molar-refractivity contribution in [2.75, 3.05) is 0 Å². The van der Waals surface area contributed by atoms with Gasteiger partial charge in [-0.15, -0.1) is 6.58 Å². The first-order valence-corrected chi connectivity index (χ1v) is 5.76. The van der Waals surface area contributed by atoms with E-state index in [0.717, 1.165) is 5.92 Å². The lowest BCUT2D eigenvalue weighted by Gasteiger charge is -2.38. The van der Waals surface area contributed by atoms with Crippen molar-refractivity contribution in [2.24, 2.45) is 17.3 Å². The van der Waals surface area contributed by atoms with E-state index < -0.39 is 0 Å². The fourth-order valence-corrected chi connectivity index (χ4v) is 2.49. The molecule has 0 saturated heterocycles. The van der Waals surface area contributed by atoms with Crippen LogP contribution in [0, 0.1) is 17.3 Å². The summed E-state index contributed by atoms with van der Waals surface area (Å²) >= 11 is 0. The lowest BCUT2D eigenvalue weighted by atomic mass is 9.67. The molecule has 14 heavy (non-hydrogen) atoms. The summed E-state index contributed by atoms with van der Waals surface area (Å²) in [5.74, 6) is 1.49. The molecule has 0 nitrogen and oxygen atoms in total. The smallest absolute Gasteiger partial charge is 0.00232 e. The molecule has 80 valence electrons. The van der Waals surface area contributed by atoms with Crippen LogP contribution in [0.5, 0.6) is 0 Å². The lowest BCUT2D eigenvalue weighted by molar-refractivity contribution is 0.181. The number of hydrogen-bond donors (Lipinski definition) is 0. The first-order chi connectivity index (χ1) is 6.49. The maximum absolute atomic E-state index is 3.96. The second-order valence-electron chi connectivity index (χ2n) is 5.54. The molecule has 0 N–H and O–H groups in total. The molecular formula is C14H24. The van der Waals surface area contributed by atoms with Gasteiger partial charge in [0.05, 0.1) is 0 Å². The first kappa shape index (κ1) is 11.6. The number of hydrogen-bond acceptors (Lipinski definition) is 0. The van der Waals surface area contributed by atoms with E-state index in [-0.39, 0.29) is 0 Å². The van der Waals surface area contributed by atoms with Crippen LogP contribution in [0.15, 0.2) is 24.3 Å². The molecule has 0 bridgehead atoms. The Morgan fingerprint density at radius 1 is 1.36 bits per heavy atom. The largest absolute Gasteiger partial charge is 0.102 e. The highest BCUT2D eigenvalue weighted by molar-refractivity contribution is 5.15. The third-order valence-corrected chi connectivity index (χ3v) is 3.68. The van der Waals surface area contributed by atoms with Gasteiger partial charge >= 0.3 is 0 Å². The maximum Gasteiger partial charge on any atom is -0.00232 e. The van der Waals surface area contributed by atoms with E-state index in [1.807, 2.05) is 0 Å². The van der Waals surface area contributed by atoms with Crippen LogP contribution in [0.25, 0.3) is 0 Å². The zero-order valence-electron chi connectivity index (χ0n) is 10.1. The molecule has 0 radical (unpaired) electrons. The van der Waals surface area contributed by atoms with Crippen molar-refractivity contribution in [3.63, 3.8) is 0 Å². The van der Waals surface area contributed by atoms with Gasteiger partial charge in [0, 0.05) is 0 Å². The molecule has 2 atom stereocenters. The third-order valence-electron chi connectivity index (χ3n) is 3.68. The Bertz CT molecular complexity index is 227. The zero-order chi connectivity index (χ0) is 10.8. The van der Waals surface area contributed by atoms with Crippen LogP contribution in [0.3, 0.4) is 0 Å². The molecule has 1 aliphatic rings. The Balaban J connectivity index is 2.71. The van der Waals surface area contributed by atoms with E-state index in [1.54, 1.807) is 5.57 Å². The molecule has 0 spiro atoms. The van der Waals surface area contributed by atoms with Gasteiger partial charge in [0.1, 0.15) is 0 Å². The van der Waals surface area contributed by atoms with Crippen molar-refractivity contribution in [1.29, 1.82) is 0 Å². The highest BCUT2D eigenvalue weighted by Crippen LogP contribution is 2.42. The average molecular weight is 192 g/mol. The van der Waals surface area contributed by atoms with E-state index in [9.17, 15) is 0 Å². The van der Waals surface area contributed by atoms with E-state index in [1.165, 1.54) is 19.3 Å². The Morgan fingerprint density at radius 2 is 2.00 bits per heavy atom. The zero-order valence-corrected chi connectivity index (χ0v) is 10.1. The van der Waals surface area contributed by atoms with Gasteiger partial charge in [-0.1, -0.05) is 38.5 Å². The quantitative estimate of drug-likeness (QED) is 0.533. The summed E-state index contributed by atoms with van der Waals surface area (Å²) in [5, 5.41) is 0. The van der Waals surface area contributed by atoms with Crippen LogP contribution in [-0.4, -0.2) is 0 Å². The van der Waals surface area contributed by atoms with Gasteiger partial charge in [-0.25, -0.2) is 0 Å². The minimum Gasteiger partial charge on any atom is -0.102 e. The fraction of sp³-hybridized carbons (Fsp3) is 0.714. The van der Waals surface area contributed by atoms with Gasteiger partial charge in [-0.3, -0.25) is 0 Å². The predicted octanol–water partition coefficient (Wildman–Crippen LogP) is 4.58. The summed E-state index contributed by atoms with van der Waals surface area (Å²) in [7, 11) is 0. The van der Waals surface area contributed by atoms with Gasteiger partial charge in [0.25, 0.3) is 0 Å². The highest BCUT2D eigenvalue weighted by atomic mass is 14.4. The molecule has 0 amide bonds. The molecular weight excluding hydrogens is 168 g/mol. The van der Waals surface area contributed by atoms with E-state index >= 15 is 0 Å². The monoisotopic (exact) mass is 192 g/mol. The summed E-state index contributed by atoms with van der Waals surface area (Å²) in [5.41, 5.74) is 2.06. The SMILES string of the molecule is C=C[C@H]1C[C@H](C(C)(C)C)CC/C1=C/C. The second-order valence-corrected chi connectivity index (χ2v) is 5.54. The molecule has 1 rings (SSSR count). The molecule has 0 aromatic heterocycles. The van der Waals surface area contributed by atoms with Crippen molar-refractivity contribution in [2.45, 2.75) is 47.0 Å². The van der Waals surface area contributed by atoms with Crippen LogP contribution >= 0.6 is 0 Å². The molecule has 0 heteroatoms. The van der Waals surface area contributed by atoms with Crippen LogP contribution in [0.2, 0.25) is 0 Å². The lowest BCUT2D eigenvalue weighted by Crippen LogP contribution is -2.27. The molecule has 0 aromatic carbocycles. The predicted molar refractivity (Wildman–Crippen MR) is 64.2 cm³/mol. The summed E-state index contributed by atoms with van der Waals surface area (Å²) < 4.78 is 0. The van der Waals surface area contributed by atoms with Gasteiger partial charge in [0.2, 0.25) is 0 Å². The fourth-order valence-electron chi connectivity index (χ4n) is 2.49. The highest BCUT2D eigenvalue weighted by Gasteiger charge is 2.31. The Hall–Kier alpha value is -0.520. The normalized spacial score (nSPS) is 31.9. The molecule has 0 unspecified atom stereocenters. The van der Waals surface area contributed by atoms with Crippen LogP contribution < -0.4 is 0 Å². The molecule has 1 saturated carbocycles. The minimum atomic E-state index is 0.459. The Morgan fingerprint density at radius 3 is 2.43 bits per heavy atom. The van der Waals surface area contributed by atoms with Crippen LogP contribution in [0.4, 0.5) is 0 Å². The maximum atomic E-state index is 3.96. The molecule has 0 aliphatic heterocycles. The second kappa shape index (κ2) is 4.33. The average Bonchev–Trinajstić information content (AvgIpc) is 2.15. The summed E-state index contributed by atoms with van der Waals surface area (Å²) in [6, 6.07) is 0. The van der Waals surface area contributed by atoms with Gasteiger partial charge in [0.15, 0.2) is 0 Å². The van der Waals surface area contributed by atoms with Crippen molar-refractivity contribution in [3.05, 3.63) is 24.3 Å². The number of allylic oxidation sites excluding steroid dienone is 3. The van der Waals surface area contributed by atoms with Gasteiger partial charge < -0.3 is 0 Å². The third kappa shape index (κ3) is 2.50. The van der Waals surface area contributed by atoms with Gasteiger partial charge in [-0.05, 0) is 43.4 Å². The van der Waals surface area contributed by atoms with Crippen molar-refractivity contribution in [1.82, 2.24) is 0 Å². The Labute approximate surface area is 89.1 Å². The number of rotatable bonds is 1. The molecule has 1 aliphatic carbocycles. The van der Waals surface area contributed by atoms with E-state index in [2.05, 4.69) is 46.4 Å². The molecule has 1 fully saturated rings. The molecule has 0 heterocycles. The van der Waals surface area contributed by atoms with E-state index in [0.29, 0.717) is 11.3 Å². The Kier molecular flexibility index (Phi) is 3.58. The van der Waals surface area contributed by atoms with Crippen molar-refractivity contribution < 1.29 is 0 Å². The molecule has 0 aromatic rings. The first-order valence-electron chi connectivity index (χ1n) is 5.76. The standard InChI is InChI=1S/C14H24/c1-6-11-8-9-13(14(3,4)5)10-12(11)7-2/h6-7,12-13H,2,8-10H2,1,3-5H3/b11-6-/t12-,13+/m0/s1. The topological polar surface area (TPSA) is 0 Å².